The van der Waals surface area contributed by atoms with Gasteiger partial charge in [0, 0.05) is 5.56 Å². The molecule has 0 aromatic heterocycles. The van der Waals surface area contributed by atoms with Crippen molar-refractivity contribution in [2.75, 3.05) is 5.94 Å². The average molecular weight is 297 g/mol. The Morgan fingerprint density at radius 1 is 1.40 bits per heavy atom. The third kappa shape index (κ3) is 2.66. The number of guanidine groups is 1. The normalized spacial score (nSPS) is 16.2. The molecule has 7 nitrogen and oxygen atoms in total. The smallest absolute Gasteiger partial charge is 0.280 e. The van der Waals surface area contributed by atoms with Gasteiger partial charge in [0.25, 0.3) is 5.91 Å². The van der Waals surface area contributed by atoms with Crippen LogP contribution >= 0.6 is 0 Å². The first-order valence-corrected chi connectivity index (χ1v) is 7.60. The van der Waals surface area contributed by atoms with Crippen LogP contribution in [0.1, 0.15) is 28.4 Å². The molecule has 4 N–H and O–H groups in total. The van der Waals surface area contributed by atoms with Crippen LogP contribution in [-0.4, -0.2) is 26.2 Å². The van der Waals surface area contributed by atoms with Crippen molar-refractivity contribution in [3.8, 4) is 0 Å². The number of amides is 1. The Balaban J connectivity index is 2.64. The van der Waals surface area contributed by atoms with Crippen molar-refractivity contribution in [2.24, 2.45) is 16.5 Å². The third-order valence-electron chi connectivity index (χ3n) is 2.96. The van der Waals surface area contributed by atoms with Gasteiger partial charge in [0.15, 0.2) is 11.9 Å². The highest BCUT2D eigenvalue weighted by Gasteiger charge is 2.27. The van der Waals surface area contributed by atoms with Crippen LogP contribution in [0, 0.1) is 0 Å². The fourth-order valence-electron chi connectivity index (χ4n) is 2.07. The van der Waals surface area contributed by atoms with Gasteiger partial charge in [-0.25, -0.2) is 8.42 Å². The van der Waals surface area contributed by atoms with Crippen molar-refractivity contribution < 1.29 is 17.9 Å². The van der Waals surface area contributed by atoms with E-state index in [-0.39, 0.29) is 29.0 Å². The quantitative estimate of drug-likeness (QED) is 0.581. The molecular formula is C12H15N3O4S. The minimum absolute atomic E-state index is 0.107. The maximum absolute atomic E-state index is 12.0. The molecule has 1 aromatic rings. The molecular weight excluding hydrogens is 282 g/mol. The van der Waals surface area contributed by atoms with Gasteiger partial charge in [-0.2, -0.15) is 4.99 Å². The van der Waals surface area contributed by atoms with Crippen molar-refractivity contribution in [3.63, 3.8) is 0 Å². The van der Waals surface area contributed by atoms with E-state index in [2.05, 4.69) is 4.99 Å². The summed E-state index contributed by atoms with van der Waals surface area (Å²) in [4.78, 5) is 15.5. The van der Waals surface area contributed by atoms with Crippen molar-refractivity contribution in [3.05, 3.63) is 28.8 Å². The number of nitrogens with two attached hydrogens (primary N) is 2. The van der Waals surface area contributed by atoms with Crippen molar-refractivity contribution in [2.45, 2.75) is 24.8 Å². The molecule has 1 aliphatic heterocycles. The number of carbonyl (C=O) groups is 1. The lowest BCUT2D eigenvalue weighted by Crippen LogP contribution is -2.25. The van der Waals surface area contributed by atoms with Crippen LogP contribution in [0.5, 0.6) is 0 Å². The fraction of sp³-hybridized carbons (Fsp3) is 0.333. The number of benzene rings is 1. The van der Waals surface area contributed by atoms with E-state index >= 15 is 0 Å². The van der Waals surface area contributed by atoms with Crippen LogP contribution in [0.15, 0.2) is 22.0 Å². The van der Waals surface area contributed by atoms with Crippen LogP contribution < -0.4 is 11.5 Å². The highest BCUT2D eigenvalue weighted by Crippen LogP contribution is 2.27. The Labute approximate surface area is 116 Å². The Bertz CT molecular complexity index is 691. The number of hydrogen-bond donors (Lipinski definition) is 2. The van der Waals surface area contributed by atoms with E-state index in [0.29, 0.717) is 17.5 Å². The number of sulfone groups is 1. The summed E-state index contributed by atoms with van der Waals surface area (Å²) in [5.74, 6) is -1.39. The average Bonchev–Trinajstić information content (AvgIpc) is 2.36. The maximum atomic E-state index is 12.0. The molecule has 0 saturated carbocycles. The summed E-state index contributed by atoms with van der Waals surface area (Å²) in [5.41, 5.74) is 11.8. The maximum Gasteiger partial charge on any atom is 0.280 e. The van der Waals surface area contributed by atoms with Gasteiger partial charge in [-0.1, -0.05) is 13.0 Å². The summed E-state index contributed by atoms with van der Waals surface area (Å²) in [6, 6.07) is 2.99. The Morgan fingerprint density at radius 2 is 2.10 bits per heavy atom. The Hall–Kier alpha value is -1.93. The standard InChI is InChI=1S/C12H15N3O4S/c1-2-7-3-8-5-19-6-20(17,18)10(8)4-9(7)11(16)15-12(13)14/h3-4H,2,5-6H2,1H3,(H4,13,14,15,16). The molecule has 1 aromatic carbocycles. The van der Waals surface area contributed by atoms with E-state index in [1.54, 1.807) is 6.07 Å². The largest absolute Gasteiger partial charge is 0.370 e. The number of nitrogens with zero attached hydrogens (tertiary/aromatic N) is 1. The highest BCUT2D eigenvalue weighted by atomic mass is 32.2. The SMILES string of the molecule is CCc1cc2c(cc1C(=O)N=C(N)N)S(=O)(=O)COC2. The molecule has 1 aliphatic rings. The van der Waals surface area contributed by atoms with Crippen molar-refractivity contribution in [1.82, 2.24) is 0 Å². The Morgan fingerprint density at radius 3 is 2.70 bits per heavy atom. The van der Waals surface area contributed by atoms with Gasteiger partial charge in [0.1, 0.15) is 0 Å². The molecule has 0 fully saturated rings. The minimum Gasteiger partial charge on any atom is -0.370 e. The van der Waals surface area contributed by atoms with Gasteiger partial charge >= 0.3 is 0 Å². The molecule has 0 aliphatic carbocycles. The predicted molar refractivity (Wildman–Crippen MR) is 72.8 cm³/mol. The van der Waals surface area contributed by atoms with Gasteiger partial charge in [-0.05, 0) is 23.6 Å². The van der Waals surface area contributed by atoms with Crippen LogP contribution in [0.3, 0.4) is 0 Å². The lowest BCUT2D eigenvalue weighted by Gasteiger charge is -2.19. The second kappa shape index (κ2) is 5.22. The Kier molecular flexibility index (Phi) is 3.78. The van der Waals surface area contributed by atoms with Crippen LogP contribution in [0.2, 0.25) is 0 Å². The highest BCUT2D eigenvalue weighted by molar-refractivity contribution is 7.91. The van der Waals surface area contributed by atoms with Crippen molar-refractivity contribution >= 4 is 21.7 Å². The number of rotatable bonds is 2. The monoisotopic (exact) mass is 297 g/mol. The zero-order chi connectivity index (χ0) is 14.9. The lowest BCUT2D eigenvalue weighted by molar-refractivity contribution is 0.100. The molecule has 1 amide bonds. The van der Waals surface area contributed by atoms with Gasteiger partial charge < -0.3 is 16.2 Å². The molecule has 2 rings (SSSR count). The first-order valence-electron chi connectivity index (χ1n) is 5.95. The summed E-state index contributed by atoms with van der Waals surface area (Å²) in [6.45, 7) is 2.06. The summed E-state index contributed by atoms with van der Waals surface area (Å²) in [5, 5.41) is 0. The summed E-state index contributed by atoms with van der Waals surface area (Å²) < 4.78 is 28.9. The predicted octanol–water partition coefficient (Wildman–Crippen LogP) is -0.0760. The van der Waals surface area contributed by atoms with E-state index in [0.717, 1.165) is 0 Å². The topological polar surface area (TPSA) is 125 Å². The molecule has 0 bridgehead atoms. The molecule has 0 unspecified atom stereocenters. The molecule has 8 heteroatoms. The number of aliphatic imine (C=N–C) groups is 1. The number of hydrogen-bond acceptors (Lipinski definition) is 4. The second-order valence-corrected chi connectivity index (χ2v) is 6.30. The lowest BCUT2D eigenvalue weighted by atomic mass is 10.0. The number of fused-ring (bicyclic) bond motifs is 1. The molecule has 0 atom stereocenters. The van der Waals surface area contributed by atoms with Crippen LogP contribution in [-0.2, 0) is 27.6 Å². The fourth-order valence-corrected chi connectivity index (χ4v) is 3.32. The molecule has 0 radical (unpaired) electrons. The number of carbonyl (C=O) groups excluding carboxylic acids is 1. The minimum atomic E-state index is -3.54. The summed E-state index contributed by atoms with van der Waals surface area (Å²) >= 11 is 0. The van der Waals surface area contributed by atoms with E-state index in [1.807, 2.05) is 6.92 Å². The number of ether oxygens (including phenoxy) is 1. The first kappa shape index (κ1) is 14.5. The molecule has 20 heavy (non-hydrogen) atoms. The zero-order valence-corrected chi connectivity index (χ0v) is 11.7. The summed E-state index contributed by atoms with van der Waals surface area (Å²) in [7, 11) is -3.54. The van der Waals surface area contributed by atoms with E-state index in [4.69, 9.17) is 16.2 Å². The van der Waals surface area contributed by atoms with Gasteiger partial charge in [-0.15, -0.1) is 0 Å². The first-order chi connectivity index (χ1) is 9.35. The third-order valence-corrected chi connectivity index (χ3v) is 4.49. The molecule has 108 valence electrons. The molecule has 0 saturated heterocycles. The second-order valence-electron chi connectivity index (χ2n) is 4.39. The van der Waals surface area contributed by atoms with Crippen molar-refractivity contribution in [1.29, 1.82) is 0 Å². The van der Waals surface area contributed by atoms with Crippen LogP contribution in [0.4, 0.5) is 0 Å². The van der Waals surface area contributed by atoms with E-state index in [9.17, 15) is 13.2 Å². The summed E-state index contributed by atoms with van der Waals surface area (Å²) in [6.07, 6.45) is 0.550. The zero-order valence-electron chi connectivity index (χ0n) is 10.9. The van der Waals surface area contributed by atoms with Gasteiger partial charge in [-0.3, -0.25) is 4.79 Å². The van der Waals surface area contributed by atoms with Gasteiger partial charge in [0.2, 0.25) is 9.84 Å². The van der Waals surface area contributed by atoms with E-state index in [1.165, 1.54) is 6.07 Å². The molecule has 1 heterocycles. The van der Waals surface area contributed by atoms with Gasteiger partial charge in [0.05, 0.1) is 11.5 Å². The van der Waals surface area contributed by atoms with Crippen LogP contribution in [0.25, 0.3) is 0 Å². The molecule has 0 spiro atoms. The number of aryl methyl sites for hydroxylation is 1. The van der Waals surface area contributed by atoms with E-state index < -0.39 is 15.7 Å².